The second-order valence-electron chi connectivity index (χ2n) is 2.18. The molecule has 66 valence electrons. The highest BCUT2D eigenvalue weighted by atomic mass is 32.2. The molecule has 1 aromatic heterocycles. The van der Waals surface area contributed by atoms with E-state index in [4.69, 9.17) is 4.55 Å². The van der Waals surface area contributed by atoms with Gasteiger partial charge in [-0.15, -0.1) is 11.3 Å². The van der Waals surface area contributed by atoms with E-state index in [-0.39, 0.29) is 18.0 Å². The van der Waals surface area contributed by atoms with Crippen molar-refractivity contribution in [3.8, 4) is 0 Å². The van der Waals surface area contributed by atoms with E-state index in [0.717, 1.165) is 0 Å². The standard InChI is InChI=1S/C7H8O3S2/c8-6(3-5-12(9)10)7-2-1-4-11-7/h1-2,4H,3,5H2,(H,9,10). The summed E-state index contributed by atoms with van der Waals surface area (Å²) in [6.45, 7) is 0. The van der Waals surface area contributed by atoms with E-state index in [0.29, 0.717) is 4.88 Å². The quantitative estimate of drug-likeness (QED) is 0.598. The molecule has 0 aliphatic rings. The molecule has 0 aliphatic heterocycles. The van der Waals surface area contributed by atoms with Crippen LogP contribution in [0, 0.1) is 0 Å². The van der Waals surface area contributed by atoms with Crippen molar-refractivity contribution in [3.63, 3.8) is 0 Å². The Morgan fingerprint density at radius 1 is 1.67 bits per heavy atom. The molecule has 1 heterocycles. The summed E-state index contributed by atoms with van der Waals surface area (Å²) in [6, 6.07) is 3.50. The van der Waals surface area contributed by atoms with Crippen LogP contribution in [0.4, 0.5) is 0 Å². The molecule has 1 aromatic rings. The summed E-state index contributed by atoms with van der Waals surface area (Å²) in [5.74, 6) is -0.0381. The number of carbonyl (C=O) groups is 1. The van der Waals surface area contributed by atoms with Crippen LogP contribution in [0.5, 0.6) is 0 Å². The summed E-state index contributed by atoms with van der Waals surface area (Å²) in [6.07, 6.45) is 0.142. The molecule has 0 fully saturated rings. The Balaban J connectivity index is 2.45. The van der Waals surface area contributed by atoms with Crippen molar-refractivity contribution >= 4 is 28.2 Å². The molecular formula is C7H8O3S2. The van der Waals surface area contributed by atoms with E-state index in [2.05, 4.69) is 0 Å². The van der Waals surface area contributed by atoms with Crippen molar-refractivity contribution in [2.75, 3.05) is 5.75 Å². The normalized spacial score (nSPS) is 12.8. The van der Waals surface area contributed by atoms with Gasteiger partial charge in [-0.2, -0.15) is 0 Å². The van der Waals surface area contributed by atoms with Crippen LogP contribution in [0.3, 0.4) is 0 Å². The van der Waals surface area contributed by atoms with E-state index in [1.54, 1.807) is 12.1 Å². The lowest BCUT2D eigenvalue weighted by Gasteiger charge is -1.93. The lowest BCUT2D eigenvalue weighted by atomic mass is 10.3. The van der Waals surface area contributed by atoms with Gasteiger partial charge in [-0.25, -0.2) is 4.21 Å². The second kappa shape index (κ2) is 4.49. The molecule has 0 saturated heterocycles. The van der Waals surface area contributed by atoms with Crippen molar-refractivity contribution in [2.24, 2.45) is 0 Å². The first-order valence-electron chi connectivity index (χ1n) is 3.34. The van der Waals surface area contributed by atoms with Crippen LogP contribution in [-0.2, 0) is 11.1 Å². The third-order valence-electron chi connectivity index (χ3n) is 1.30. The first kappa shape index (κ1) is 9.57. The number of hydrogen-bond acceptors (Lipinski definition) is 3. The first-order chi connectivity index (χ1) is 5.70. The van der Waals surface area contributed by atoms with E-state index in [1.165, 1.54) is 11.3 Å². The zero-order valence-corrected chi connectivity index (χ0v) is 7.86. The third kappa shape index (κ3) is 2.84. The molecule has 0 saturated carbocycles. The fraction of sp³-hybridized carbons (Fsp3) is 0.286. The zero-order valence-electron chi connectivity index (χ0n) is 6.23. The van der Waals surface area contributed by atoms with Gasteiger partial charge in [0.05, 0.1) is 10.6 Å². The predicted molar refractivity (Wildman–Crippen MR) is 48.9 cm³/mol. The number of Topliss-reactive ketones (excluding diaryl/α,β-unsaturated/α-hetero) is 1. The Hall–Kier alpha value is -0.520. The topological polar surface area (TPSA) is 54.4 Å². The van der Waals surface area contributed by atoms with Gasteiger partial charge in [-0.1, -0.05) is 6.07 Å². The maximum Gasteiger partial charge on any atom is 0.173 e. The summed E-state index contributed by atoms with van der Waals surface area (Å²) in [7, 11) is 0. The largest absolute Gasteiger partial charge is 0.306 e. The lowest BCUT2D eigenvalue weighted by molar-refractivity contribution is 0.0992. The highest BCUT2D eigenvalue weighted by Crippen LogP contribution is 2.10. The Morgan fingerprint density at radius 2 is 2.42 bits per heavy atom. The zero-order chi connectivity index (χ0) is 8.97. The minimum atomic E-state index is -1.86. The van der Waals surface area contributed by atoms with Gasteiger partial charge in [0.15, 0.2) is 16.9 Å². The highest BCUT2D eigenvalue weighted by Gasteiger charge is 2.07. The smallest absolute Gasteiger partial charge is 0.173 e. The number of carbonyl (C=O) groups excluding carboxylic acids is 1. The summed E-state index contributed by atoms with van der Waals surface area (Å²) in [5.41, 5.74) is 0. The van der Waals surface area contributed by atoms with Crippen LogP contribution < -0.4 is 0 Å². The second-order valence-corrected chi connectivity index (χ2v) is 4.18. The highest BCUT2D eigenvalue weighted by molar-refractivity contribution is 7.79. The minimum absolute atomic E-state index is 0.0245. The number of ketones is 1. The van der Waals surface area contributed by atoms with Crippen LogP contribution in [0.2, 0.25) is 0 Å². The van der Waals surface area contributed by atoms with Gasteiger partial charge in [0.2, 0.25) is 0 Å². The lowest BCUT2D eigenvalue weighted by Crippen LogP contribution is -2.03. The van der Waals surface area contributed by atoms with Crippen molar-refractivity contribution in [2.45, 2.75) is 6.42 Å². The molecule has 0 aliphatic carbocycles. The van der Waals surface area contributed by atoms with E-state index in [1.807, 2.05) is 5.38 Å². The number of thiophene rings is 1. The molecule has 0 spiro atoms. The maximum atomic E-state index is 11.2. The summed E-state index contributed by atoms with van der Waals surface area (Å²) in [4.78, 5) is 11.8. The molecule has 1 atom stereocenters. The van der Waals surface area contributed by atoms with Gasteiger partial charge in [-0.05, 0) is 11.4 Å². The van der Waals surface area contributed by atoms with Crippen LogP contribution in [-0.4, -0.2) is 20.3 Å². The van der Waals surface area contributed by atoms with Crippen molar-refractivity contribution in [1.82, 2.24) is 0 Å². The van der Waals surface area contributed by atoms with Crippen molar-refractivity contribution in [3.05, 3.63) is 22.4 Å². The molecule has 1 N–H and O–H groups in total. The Bertz CT molecular complexity index is 279. The SMILES string of the molecule is O=C(CCS(=O)O)c1cccs1. The molecule has 0 bridgehead atoms. The summed E-state index contributed by atoms with van der Waals surface area (Å²) in [5, 5.41) is 1.81. The average molecular weight is 204 g/mol. The Labute approximate surface area is 76.7 Å². The fourth-order valence-corrected chi connectivity index (χ4v) is 1.79. The van der Waals surface area contributed by atoms with Crippen molar-refractivity contribution in [1.29, 1.82) is 0 Å². The summed E-state index contributed by atoms with van der Waals surface area (Å²) < 4.78 is 18.7. The Kier molecular flexibility index (Phi) is 3.58. The van der Waals surface area contributed by atoms with Crippen LogP contribution in [0.25, 0.3) is 0 Å². The Morgan fingerprint density at radius 3 is 2.92 bits per heavy atom. The molecule has 3 nitrogen and oxygen atoms in total. The van der Waals surface area contributed by atoms with Gasteiger partial charge in [0.1, 0.15) is 0 Å². The van der Waals surface area contributed by atoms with Gasteiger partial charge in [0, 0.05) is 6.42 Å². The van der Waals surface area contributed by atoms with Crippen LogP contribution in [0.15, 0.2) is 17.5 Å². The van der Waals surface area contributed by atoms with Crippen LogP contribution >= 0.6 is 11.3 Å². The molecule has 0 radical (unpaired) electrons. The molecule has 0 aromatic carbocycles. The van der Waals surface area contributed by atoms with E-state index < -0.39 is 11.1 Å². The molecule has 12 heavy (non-hydrogen) atoms. The minimum Gasteiger partial charge on any atom is -0.306 e. The number of hydrogen-bond donors (Lipinski definition) is 1. The monoisotopic (exact) mass is 204 g/mol. The fourth-order valence-electron chi connectivity index (χ4n) is 0.740. The van der Waals surface area contributed by atoms with E-state index in [9.17, 15) is 9.00 Å². The third-order valence-corrected chi connectivity index (χ3v) is 2.76. The van der Waals surface area contributed by atoms with Crippen LogP contribution in [0.1, 0.15) is 16.1 Å². The van der Waals surface area contributed by atoms with Crippen molar-refractivity contribution < 1.29 is 13.6 Å². The maximum absolute atomic E-state index is 11.2. The first-order valence-corrected chi connectivity index (χ1v) is 5.50. The predicted octanol–water partition coefficient (Wildman–Crippen LogP) is 1.54. The molecule has 0 amide bonds. The molecule has 1 rings (SSSR count). The van der Waals surface area contributed by atoms with E-state index >= 15 is 0 Å². The molecular weight excluding hydrogens is 196 g/mol. The van der Waals surface area contributed by atoms with Gasteiger partial charge in [-0.3, -0.25) is 4.79 Å². The average Bonchev–Trinajstić information content (AvgIpc) is 2.51. The summed E-state index contributed by atoms with van der Waals surface area (Å²) >= 11 is -0.511. The number of rotatable bonds is 4. The van der Waals surface area contributed by atoms with Gasteiger partial charge in [0.25, 0.3) is 0 Å². The van der Waals surface area contributed by atoms with Gasteiger partial charge < -0.3 is 4.55 Å². The molecule has 5 heteroatoms. The van der Waals surface area contributed by atoms with Gasteiger partial charge >= 0.3 is 0 Å². The molecule has 1 unspecified atom stereocenters.